The smallest absolute Gasteiger partial charge is 0.259 e. The Balaban J connectivity index is 1.64. The summed E-state index contributed by atoms with van der Waals surface area (Å²) in [6.45, 7) is 0. The molecule has 1 spiro atoms. The summed E-state index contributed by atoms with van der Waals surface area (Å²) in [7, 11) is 1.55. The molecule has 0 aromatic heterocycles. The highest BCUT2D eigenvalue weighted by Gasteiger charge is 2.47. The van der Waals surface area contributed by atoms with E-state index in [1.54, 1.807) is 25.3 Å². The van der Waals surface area contributed by atoms with Gasteiger partial charge in [-0.05, 0) is 48.7 Å². The number of anilines is 2. The van der Waals surface area contributed by atoms with Gasteiger partial charge in [0, 0.05) is 11.4 Å². The van der Waals surface area contributed by atoms with Crippen LogP contribution in [0.5, 0.6) is 5.75 Å². The normalized spacial score (nSPS) is 17.5. The van der Waals surface area contributed by atoms with Crippen molar-refractivity contribution in [3.8, 4) is 5.75 Å². The van der Waals surface area contributed by atoms with Crippen molar-refractivity contribution in [2.24, 2.45) is 0 Å². The first-order valence-electron chi connectivity index (χ1n) is 9.04. The molecule has 2 N–H and O–H groups in total. The minimum absolute atomic E-state index is 0.0976. The van der Waals surface area contributed by atoms with Crippen molar-refractivity contribution < 1.29 is 14.3 Å². The number of fused-ring (bicyclic) bond motifs is 2. The Labute approximate surface area is 152 Å². The maximum absolute atomic E-state index is 12.7. The first-order chi connectivity index (χ1) is 12.6. The molecule has 1 saturated carbocycles. The van der Waals surface area contributed by atoms with Crippen LogP contribution in [-0.2, 0) is 10.2 Å². The van der Waals surface area contributed by atoms with Gasteiger partial charge < -0.3 is 15.4 Å². The molecule has 0 radical (unpaired) electrons. The van der Waals surface area contributed by atoms with Gasteiger partial charge >= 0.3 is 0 Å². The summed E-state index contributed by atoms with van der Waals surface area (Å²) < 4.78 is 5.27. The molecule has 0 saturated heterocycles. The van der Waals surface area contributed by atoms with Gasteiger partial charge in [0.25, 0.3) is 5.91 Å². The van der Waals surface area contributed by atoms with Gasteiger partial charge in [0.05, 0.1) is 18.1 Å². The Morgan fingerprint density at radius 2 is 1.88 bits per heavy atom. The van der Waals surface area contributed by atoms with E-state index in [-0.39, 0.29) is 11.8 Å². The molecular weight excluding hydrogens is 328 g/mol. The van der Waals surface area contributed by atoms with E-state index in [4.69, 9.17) is 4.74 Å². The number of ether oxygens (including phenoxy) is 1. The van der Waals surface area contributed by atoms with Crippen LogP contribution in [0.15, 0.2) is 42.5 Å². The lowest BCUT2D eigenvalue weighted by molar-refractivity contribution is -0.121. The summed E-state index contributed by atoms with van der Waals surface area (Å²) in [6.07, 6.45) is 5.04. The van der Waals surface area contributed by atoms with Gasteiger partial charge in [-0.3, -0.25) is 9.59 Å². The van der Waals surface area contributed by atoms with E-state index in [1.165, 1.54) is 6.42 Å². The summed E-state index contributed by atoms with van der Waals surface area (Å²) in [6, 6.07) is 12.8. The number of rotatable bonds is 3. The molecule has 2 aromatic rings. The predicted molar refractivity (Wildman–Crippen MR) is 101 cm³/mol. The fraction of sp³-hybridized carbons (Fsp3) is 0.333. The Bertz CT molecular complexity index is 869. The Morgan fingerprint density at radius 3 is 2.65 bits per heavy atom. The Morgan fingerprint density at radius 1 is 1.12 bits per heavy atom. The molecular formula is C21H22N2O3. The lowest BCUT2D eigenvalue weighted by Crippen LogP contribution is -2.36. The third-order valence-corrected chi connectivity index (χ3v) is 5.53. The average molecular weight is 350 g/mol. The molecule has 26 heavy (non-hydrogen) atoms. The maximum atomic E-state index is 12.7. The van der Waals surface area contributed by atoms with E-state index >= 15 is 0 Å². The fourth-order valence-electron chi connectivity index (χ4n) is 4.17. The zero-order valence-corrected chi connectivity index (χ0v) is 14.8. The molecule has 2 aromatic carbocycles. The molecule has 2 aliphatic rings. The van der Waals surface area contributed by atoms with E-state index in [2.05, 4.69) is 10.6 Å². The molecule has 0 unspecified atom stereocenters. The van der Waals surface area contributed by atoms with Crippen molar-refractivity contribution in [3.05, 3.63) is 53.6 Å². The van der Waals surface area contributed by atoms with Gasteiger partial charge in [0.15, 0.2) is 0 Å². The number of benzene rings is 2. The van der Waals surface area contributed by atoms with Crippen LogP contribution in [-0.4, -0.2) is 18.9 Å². The molecule has 0 atom stereocenters. The molecule has 0 bridgehead atoms. The minimum Gasteiger partial charge on any atom is -0.496 e. The van der Waals surface area contributed by atoms with Crippen LogP contribution in [0.25, 0.3) is 0 Å². The lowest BCUT2D eigenvalue weighted by Gasteiger charge is -2.31. The van der Waals surface area contributed by atoms with Gasteiger partial charge in [0.2, 0.25) is 5.91 Å². The summed E-state index contributed by atoms with van der Waals surface area (Å²) in [4.78, 5) is 25.3. The molecule has 1 aliphatic carbocycles. The monoisotopic (exact) mass is 350 g/mol. The van der Waals surface area contributed by atoms with Crippen molar-refractivity contribution >= 4 is 23.2 Å². The number of hydrogen-bond donors (Lipinski definition) is 2. The fourth-order valence-corrected chi connectivity index (χ4v) is 4.17. The van der Waals surface area contributed by atoms with Crippen molar-refractivity contribution in [2.75, 3.05) is 17.7 Å². The van der Waals surface area contributed by atoms with Crippen LogP contribution in [0.1, 0.15) is 48.0 Å². The molecule has 1 heterocycles. The number of carbonyl (C=O) groups excluding carboxylic acids is 2. The van der Waals surface area contributed by atoms with Gasteiger partial charge in [-0.25, -0.2) is 0 Å². The van der Waals surface area contributed by atoms with Gasteiger partial charge in [-0.15, -0.1) is 0 Å². The highest BCUT2D eigenvalue weighted by molar-refractivity contribution is 6.09. The SMILES string of the molecule is COc1ccccc1C(=O)Nc1ccc2c(c1)C1(CCCCC1)C(=O)N2. The number of carbonyl (C=O) groups is 2. The van der Waals surface area contributed by atoms with E-state index in [0.29, 0.717) is 17.0 Å². The summed E-state index contributed by atoms with van der Waals surface area (Å²) in [5.41, 5.74) is 2.63. The predicted octanol–water partition coefficient (Wildman–Crippen LogP) is 4.10. The Kier molecular flexibility index (Phi) is 4.15. The third-order valence-electron chi connectivity index (χ3n) is 5.53. The second-order valence-corrected chi connectivity index (χ2v) is 7.01. The number of nitrogens with one attached hydrogen (secondary N) is 2. The molecule has 5 nitrogen and oxygen atoms in total. The summed E-state index contributed by atoms with van der Waals surface area (Å²) in [5.74, 6) is 0.407. The lowest BCUT2D eigenvalue weighted by atomic mass is 9.70. The average Bonchev–Trinajstić information content (AvgIpc) is 2.93. The van der Waals surface area contributed by atoms with Crippen LogP contribution in [0.3, 0.4) is 0 Å². The standard InChI is InChI=1S/C21H22N2O3/c1-26-18-8-4-3-7-15(18)19(24)22-14-9-10-17-16(13-14)21(20(25)23-17)11-5-2-6-12-21/h3-4,7-10,13H,2,5-6,11-12H2,1H3,(H,22,24)(H,23,25). The quantitative estimate of drug-likeness (QED) is 0.876. The Hall–Kier alpha value is -2.82. The van der Waals surface area contributed by atoms with E-state index in [9.17, 15) is 9.59 Å². The second kappa shape index (κ2) is 6.48. The van der Waals surface area contributed by atoms with E-state index in [1.807, 2.05) is 24.3 Å². The first kappa shape index (κ1) is 16.6. The van der Waals surface area contributed by atoms with Gasteiger partial charge in [-0.2, -0.15) is 0 Å². The van der Waals surface area contributed by atoms with Crippen LogP contribution >= 0.6 is 0 Å². The summed E-state index contributed by atoms with van der Waals surface area (Å²) in [5, 5.41) is 5.96. The number of para-hydroxylation sites is 1. The minimum atomic E-state index is -0.432. The van der Waals surface area contributed by atoms with Crippen LogP contribution in [0.4, 0.5) is 11.4 Å². The second-order valence-electron chi connectivity index (χ2n) is 7.01. The van der Waals surface area contributed by atoms with E-state index < -0.39 is 5.41 Å². The van der Waals surface area contributed by atoms with Crippen molar-refractivity contribution in [2.45, 2.75) is 37.5 Å². The number of amides is 2. The van der Waals surface area contributed by atoms with Crippen molar-refractivity contribution in [3.63, 3.8) is 0 Å². The number of methoxy groups -OCH3 is 1. The molecule has 5 heteroatoms. The van der Waals surface area contributed by atoms with Gasteiger partial charge in [-0.1, -0.05) is 31.4 Å². The highest BCUT2D eigenvalue weighted by Crippen LogP contribution is 2.48. The topological polar surface area (TPSA) is 67.4 Å². The molecule has 2 amide bonds. The van der Waals surface area contributed by atoms with Gasteiger partial charge in [0.1, 0.15) is 5.75 Å². The highest BCUT2D eigenvalue weighted by atomic mass is 16.5. The third kappa shape index (κ3) is 2.64. The van der Waals surface area contributed by atoms with Crippen LogP contribution in [0, 0.1) is 0 Å². The molecule has 4 rings (SSSR count). The summed E-state index contributed by atoms with van der Waals surface area (Å²) >= 11 is 0. The number of hydrogen-bond acceptors (Lipinski definition) is 3. The maximum Gasteiger partial charge on any atom is 0.259 e. The van der Waals surface area contributed by atoms with Crippen LogP contribution < -0.4 is 15.4 Å². The molecule has 1 fully saturated rings. The zero-order valence-electron chi connectivity index (χ0n) is 14.8. The largest absolute Gasteiger partial charge is 0.496 e. The molecule has 1 aliphatic heterocycles. The van der Waals surface area contributed by atoms with E-state index in [0.717, 1.165) is 36.9 Å². The first-order valence-corrected chi connectivity index (χ1v) is 9.04. The zero-order chi connectivity index (χ0) is 18.1. The van der Waals surface area contributed by atoms with Crippen LogP contribution in [0.2, 0.25) is 0 Å². The molecule has 134 valence electrons. The van der Waals surface area contributed by atoms with Crippen molar-refractivity contribution in [1.29, 1.82) is 0 Å². The van der Waals surface area contributed by atoms with Crippen molar-refractivity contribution in [1.82, 2.24) is 0 Å².